The first-order valence-electron chi connectivity index (χ1n) is 9.69. The number of ether oxygens (including phenoxy) is 1. The van der Waals surface area contributed by atoms with E-state index >= 15 is 0 Å². The van der Waals surface area contributed by atoms with E-state index in [2.05, 4.69) is 10.4 Å². The van der Waals surface area contributed by atoms with Crippen LogP contribution in [0.3, 0.4) is 0 Å². The Morgan fingerprint density at radius 3 is 2.96 bits per heavy atom. The Kier molecular flexibility index (Phi) is 5.18. The number of amides is 3. The summed E-state index contributed by atoms with van der Waals surface area (Å²) in [4.78, 5) is 28.3. The number of hydrogen-bond acceptors (Lipinski definition) is 4. The van der Waals surface area contributed by atoms with E-state index in [1.54, 1.807) is 11.1 Å². The zero-order chi connectivity index (χ0) is 19.5. The summed E-state index contributed by atoms with van der Waals surface area (Å²) in [6.45, 7) is 2.10. The van der Waals surface area contributed by atoms with Crippen LogP contribution in [0.15, 0.2) is 36.7 Å². The fraction of sp³-hybridized carbons (Fsp3) is 0.450. The molecule has 1 aromatic heterocycles. The number of nitrogens with one attached hydrogen (secondary N) is 1. The molecule has 1 aromatic carbocycles. The first-order chi connectivity index (χ1) is 13.7. The van der Waals surface area contributed by atoms with Crippen LogP contribution in [-0.2, 0) is 17.7 Å². The van der Waals surface area contributed by atoms with Crippen molar-refractivity contribution in [3.8, 4) is 0 Å². The van der Waals surface area contributed by atoms with E-state index in [1.165, 1.54) is 7.11 Å². The highest BCUT2D eigenvalue weighted by Gasteiger charge is 2.29. The van der Waals surface area contributed by atoms with Gasteiger partial charge in [-0.2, -0.15) is 5.10 Å². The van der Waals surface area contributed by atoms with Gasteiger partial charge in [0.25, 0.3) is 0 Å². The van der Waals surface area contributed by atoms with Crippen molar-refractivity contribution in [3.63, 3.8) is 0 Å². The maximum Gasteiger partial charge on any atom is 0.414 e. The van der Waals surface area contributed by atoms with Crippen LogP contribution in [-0.4, -0.2) is 53.0 Å². The maximum absolute atomic E-state index is 12.8. The van der Waals surface area contributed by atoms with Crippen LogP contribution in [0, 0.1) is 0 Å². The van der Waals surface area contributed by atoms with Gasteiger partial charge >= 0.3 is 12.1 Å². The second-order valence-corrected chi connectivity index (χ2v) is 7.22. The molecular formula is C20H25N5O3. The molecule has 2 aliphatic rings. The standard InChI is InChI=1S/C20H25N5O3/c1-28-20(27)25-12-2-5-15-13-16(7-8-18(15)25)22-19(26)24-11-3-6-17(24)14-23-10-4-9-21-23/h4,7-10,13,17H,2-3,5-6,11-12,14H2,1H3,(H,22,26)/t17-/m0/s1. The molecular weight excluding hydrogens is 358 g/mol. The minimum absolute atomic E-state index is 0.0877. The average molecular weight is 383 g/mol. The lowest BCUT2D eigenvalue weighted by atomic mass is 10.0. The van der Waals surface area contributed by atoms with E-state index in [-0.39, 0.29) is 18.2 Å². The first kappa shape index (κ1) is 18.3. The molecule has 28 heavy (non-hydrogen) atoms. The van der Waals surface area contributed by atoms with Gasteiger partial charge in [0, 0.05) is 31.2 Å². The second-order valence-electron chi connectivity index (χ2n) is 7.22. The molecule has 3 heterocycles. The summed E-state index contributed by atoms with van der Waals surface area (Å²) in [6, 6.07) is 7.64. The number of hydrogen-bond donors (Lipinski definition) is 1. The van der Waals surface area contributed by atoms with E-state index < -0.39 is 0 Å². The van der Waals surface area contributed by atoms with Crippen molar-refractivity contribution < 1.29 is 14.3 Å². The molecule has 0 unspecified atom stereocenters. The molecule has 1 atom stereocenters. The Bertz CT molecular complexity index is 852. The Morgan fingerprint density at radius 2 is 2.18 bits per heavy atom. The molecule has 0 radical (unpaired) electrons. The molecule has 0 saturated carbocycles. The summed E-state index contributed by atoms with van der Waals surface area (Å²) < 4.78 is 6.74. The molecule has 8 heteroatoms. The molecule has 1 fully saturated rings. The SMILES string of the molecule is COC(=O)N1CCCc2cc(NC(=O)N3CCC[C@H]3Cn3cccn3)ccc21. The third-order valence-corrected chi connectivity index (χ3v) is 5.44. The van der Waals surface area contributed by atoms with Crippen LogP contribution in [0.1, 0.15) is 24.8 Å². The molecule has 148 valence electrons. The molecule has 2 aromatic rings. The molecule has 1 saturated heterocycles. The van der Waals surface area contributed by atoms with Crippen LogP contribution in [0.5, 0.6) is 0 Å². The number of anilines is 2. The average Bonchev–Trinajstić information content (AvgIpc) is 3.39. The van der Waals surface area contributed by atoms with Crippen molar-refractivity contribution in [3.05, 3.63) is 42.2 Å². The summed E-state index contributed by atoms with van der Waals surface area (Å²) in [7, 11) is 1.39. The van der Waals surface area contributed by atoms with Crippen molar-refractivity contribution in [2.75, 3.05) is 30.4 Å². The second kappa shape index (κ2) is 7.92. The number of urea groups is 1. The Labute approximate surface area is 164 Å². The minimum atomic E-state index is -0.351. The smallest absolute Gasteiger partial charge is 0.414 e. The van der Waals surface area contributed by atoms with Crippen LogP contribution in [0.2, 0.25) is 0 Å². The van der Waals surface area contributed by atoms with Crippen LogP contribution < -0.4 is 10.2 Å². The summed E-state index contributed by atoms with van der Waals surface area (Å²) in [5.74, 6) is 0. The van der Waals surface area contributed by atoms with Crippen molar-refractivity contribution in [1.29, 1.82) is 0 Å². The number of benzene rings is 1. The highest BCUT2D eigenvalue weighted by atomic mass is 16.5. The lowest BCUT2D eigenvalue weighted by molar-refractivity contribution is 0.178. The number of likely N-dealkylation sites (tertiary alicyclic amines) is 1. The van der Waals surface area contributed by atoms with Crippen molar-refractivity contribution in [1.82, 2.24) is 14.7 Å². The van der Waals surface area contributed by atoms with Gasteiger partial charge in [-0.05, 0) is 55.5 Å². The number of methoxy groups -OCH3 is 1. The summed E-state index contributed by atoms with van der Waals surface area (Å²) in [5, 5.41) is 7.27. The number of carbonyl (C=O) groups excluding carboxylic acids is 2. The molecule has 3 amide bonds. The third-order valence-electron chi connectivity index (χ3n) is 5.44. The highest BCUT2D eigenvalue weighted by molar-refractivity contribution is 5.92. The molecule has 2 aliphatic heterocycles. The zero-order valence-corrected chi connectivity index (χ0v) is 16.0. The van der Waals surface area contributed by atoms with Gasteiger partial charge < -0.3 is 15.0 Å². The van der Waals surface area contributed by atoms with Crippen LogP contribution in [0.25, 0.3) is 0 Å². The van der Waals surface area contributed by atoms with Crippen LogP contribution >= 0.6 is 0 Å². The minimum Gasteiger partial charge on any atom is -0.452 e. The first-order valence-corrected chi connectivity index (χ1v) is 9.69. The number of rotatable bonds is 3. The largest absolute Gasteiger partial charge is 0.452 e. The van der Waals surface area contributed by atoms with Gasteiger partial charge in [-0.1, -0.05) is 0 Å². The monoisotopic (exact) mass is 383 g/mol. The van der Waals surface area contributed by atoms with E-state index in [0.29, 0.717) is 13.1 Å². The van der Waals surface area contributed by atoms with E-state index in [9.17, 15) is 9.59 Å². The van der Waals surface area contributed by atoms with Crippen molar-refractivity contribution in [2.24, 2.45) is 0 Å². The van der Waals surface area contributed by atoms with Crippen molar-refractivity contribution >= 4 is 23.5 Å². The summed E-state index contributed by atoms with van der Waals surface area (Å²) in [5.41, 5.74) is 2.65. The number of fused-ring (bicyclic) bond motifs is 1. The van der Waals surface area contributed by atoms with Gasteiger partial charge in [-0.15, -0.1) is 0 Å². The quantitative estimate of drug-likeness (QED) is 0.883. The van der Waals surface area contributed by atoms with Gasteiger partial charge in [0.05, 0.1) is 25.4 Å². The van der Waals surface area contributed by atoms with Gasteiger partial charge in [0.2, 0.25) is 0 Å². The zero-order valence-electron chi connectivity index (χ0n) is 16.0. The van der Waals surface area contributed by atoms with Gasteiger partial charge in [0.1, 0.15) is 0 Å². The molecule has 1 N–H and O–H groups in total. The number of aromatic nitrogens is 2. The molecule has 8 nitrogen and oxygen atoms in total. The van der Waals surface area contributed by atoms with E-state index in [1.807, 2.05) is 40.0 Å². The molecule has 0 bridgehead atoms. The van der Waals surface area contributed by atoms with Gasteiger partial charge in [0.15, 0.2) is 0 Å². The maximum atomic E-state index is 12.8. The Balaban J connectivity index is 1.45. The number of carbonyl (C=O) groups is 2. The molecule has 4 rings (SSSR count). The van der Waals surface area contributed by atoms with Gasteiger partial charge in [-0.25, -0.2) is 9.59 Å². The third kappa shape index (κ3) is 3.67. The topological polar surface area (TPSA) is 79.7 Å². The van der Waals surface area contributed by atoms with E-state index in [0.717, 1.165) is 49.2 Å². The predicted octanol–water partition coefficient (Wildman–Crippen LogP) is 3.10. The van der Waals surface area contributed by atoms with E-state index in [4.69, 9.17) is 4.74 Å². The summed E-state index contributed by atoms with van der Waals surface area (Å²) in [6.07, 6.45) is 7.05. The Hall–Kier alpha value is -3.03. The number of aryl methyl sites for hydroxylation is 1. The predicted molar refractivity (Wildman–Crippen MR) is 105 cm³/mol. The van der Waals surface area contributed by atoms with Crippen LogP contribution in [0.4, 0.5) is 21.0 Å². The fourth-order valence-corrected chi connectivity index (χ4v) is 4.09. The van der Waals surface area contributed by atoms with Gasteiger partial charge in [-0.3, -0.25) is 9.58 Å². The fourth-order valence-electron chi connectivity index (χ4n) is 4.09. The molecule has 0 aliphatic carbocycles. The lowest BCUT2D eigenvalue weighted by Gasteiger charge is -2.29. The normalized spacial score (nSPS) is 18.7. The lowest BCUT2D eigenvalue weighted by Crippen LogP contribution is -2.41. The Morgan fingerprint density at radius 1 is 1.29 bits per heavy atom. The molecule has 0 spiro atoms. The summed E-state index contributed by atoms with van der Waals surface area (Å²) >= 11 is 0. The highest BCUT2D eigenvalue weighted by Crippen LogP contribution is 2.30. The van der Waals surface area contributed by atoms with Crippen molar-refractivity contribution in [2.45, 2.75) is 38.3 Å². The number of nitrogens with zero attached hydrogens (tertiary/aromatic N) is 4.